The van der Waals surface area contributed by atoms with Crippen LogP contribution in [0.1, 0.15) is 0 Å². The molecule has 3 aromatic rings. The summed E-state index contributed by atoms with van der Waals surface area (Å²) in [7, 11) is 1.57. The number of rotatable bonds is 5. The van der Waals surface area contributed by atoms with E-state index >= 15 is 0 Å². The van der Waals surface area contributed by atoms with Gasteiger partial charge in [0.1, 0.15) is 18.1 Å². The van der Waals surface area contributed by atoms with Crippen molar-refractivity contribution in [2.45, 2.75) is 6.54 Å². The van der Waals surface area contributed by atoms with Gasteiger partial charge in [-0.05, 0) is 35.5 Å². The average Bonchev–Trinajstić information content (AvgIpc) is 3.03. The van der Waals surface area contributed by atoms with Crippen molar-refractivity contribution in [2.24, 2.45) is 0 Å². The fourth-order valence-corrected chi connectivity index (χ4v) is 2.08. The zero-order valence-electron chi connectivity index (χ0n) is 12.8. The Balaban J connectivity index is 1.68. The second kappa shape index (κ2) is 6.86. The second-order valence-electron chi connectivity index (χ2n) is 4.93. The van der Waals surface area contributed by atoms with Gasteiger partial charge in [-0.15, -0.1) is 10.2 Å². The lowest BCUT2D eigenvalue weighted by atomic mass is 10.2. The summed E-state index contributed by atoms with van der Waals surface area (Å²) in [5.41, 5.74) is 1.10. The number of anilines is 1. The van der Waals surface area contributed by atoms with Crippen LogP contribution >= 0.6 is 0 Å². The minimum absolute atomic E-state index is 0.131. The van der Waals surface area contributed by atoms with E-state index in [0.717, 1.165) is 5.56 Å². The minimum atomic E-state index is -0.424. The lowest BCUT2D eigenvalue weighted by Gasteiger charge is -2.04. The molecule has 0 bridgehead atoms. The summed E-state index contributed by atoms with van der Waals surface area (Å²) in [6.07, 6.45) is 0. The van der Waals surface area contributed by atoms with Gasteiger partial charge in [0.15, 0.2) is 0 Å². The van der Waals surface area contributed by atoms with E-state index in [9.17, 15) is 9.18 Å². The van der Waals surface area contributed by atoms with Gasteiger partial charge >= 0.3 is 0 Å². The van der Waals surface area contributed by atoms with Gasteiger partial charge in [0.05, 0.1) is 7.11 Å². The van der Waals surface area contributed by atoms with Gasteiger partial charge in [0.2, 0.25) is 11.7 Å². The predicted octanol–water partition coefficient (Wildman–Crippen LogP) is 2.13. The largest absolute Gasteiger partial charge is 0.497 e. The van der Waals surface area contributed by atoms with Crippen molar-refractivity contribution in [1.29, 1.82) is 0 Å². The number of aromatic nitrogens is 4. The number of hydrogen-bond donors (Lipinski definition) is 1. The van der Waals surface area contributed by atoms with Crippen LogP contribution in [0.5, 0.6) is 5.75 Å². The smallest absolute Gasteiger partial charge is 0.248 e. The SMILES string of the molecule is COc1cccc(-c2nnn(CC(=O)Nc3cccc(F)c3)n2)c1. The summed E-state index contributed by atoms with van der Waals surface area (Å²) in [5.74, 6) is 0.252. The molecule has 0 unspecified atom stereocenters. The Morgan fingerprint density at radius 1 is 1.25 bits per heavy atom. The number of carbonyl (C=O) groups is 1. The number of carbonyl (C=O) groups excluding carboxylic acids is 1. The van der Waals surface area contributed by atoms with Crippen molar-refractivity contribution in [3.8, 4) is 17.1 Å². The highest BCUT2D eigenvalue weighted by Crippen LogP contribution is 2.19. The molecule has 0 aliphatic carbocycles. The summed E-state index contributed by atoms with van der Waals surface area (Å²) < 4.78 is 18.2. The molecule has 0 saturated carbocycles. The molecule has 0 fully saturated rings. The van der Waals surface area contributed by atoms with E-state index < -0.39 is 5.82 Å². The van der Waals surface area contributed by atoms with E-state index in [4.69, 9.17) is 4.74 Å². The first kappa shape index (κ1) is 15.6. The van der Waals surface area contributed by atoms with Gasteiger partial charge in [0, 0.05) is 11.3 Å². The van der Waals surface area contributed by atoms with Crippen molar-refractivity contribution in [2.75, 3.05) is 12.4 Å². The normalized spacial score (nSPS) is 10.4. The van der Waals surface area contributed by atoms with E-state index in [1.54, 1.807) is 25.3 Å². The molecule has 0 aliphatic rings. The highest BCUT2D eigenvalue weighted by atomic mass is 19.1. The van der Waals surface area contributed by atoms with E-state index in [-0.39, 0.29) is 12.5 Å². The highest BCUT2D eigenvalue weighted by Gasteiger charge is 2.10. The number of halogens is 1. The number of benzene rings is 2. The standard InChI is InChI=1S/C16H14FN5O2/c1-24-14-7-2-4-11(8-14)16-19-21-22(20-16)10-15(23)18-13-6-3-5-12(17)9-13/h2-9H,10H2,1H3,(H,18,23). The maximum Gasteiger partial charge on any atom is 0.248 e. The summed E-state index contributed by atoms with van der Waals surface area (Å²) in [5, 5.41) is 14.5. The molecule has 3 rings (SSSR count). The Bertz CT molecular complexity index is 865. The van der Waals surface area contributed by atoms with Crippen LogP contribution in [0.3, 0.4) is 0 Å². The number of hydrogen-bond acceptors (Lipinski definition) is 5. The van der Waals surface area contributed by atoms with Crippen LogP contribution in [0.4, 0.5) is 10.1 Å². The van der Waals surface area contributed by atoms with Crippen molar-refractivity contribution < 1.29 is 13.9 Å². The second-order valence-corrected chi connectivity index (χ2v) is 4.93. The van der Waals surface area contributed by atoms with Crippen LogP contribution in [-0.2, 0) is 11.3 Å². The number of ether oxygens (including phenoxy) is 1. The molecule has 7 nitrogen and oxygen atoms in total. The molecule has 0 radical (unpaired) electrons. The first-order chi connectivity index (χ1) is 11.6. The van der Waals surface area contributed by atoms with Crippen LogP contribution in [0.2, 0.25) is 0 Å². The molecule has 0 spiro atoms. The number of nitrogens with zero attached hydrogens (tertiary/aromatic N) is 4. The molecule has 1 amide bonds. The molecule has 0 atom stereocenters. The molecule has 0 aliphatic heterocycles. The number of nitrogens with one attached hydrogen (secondary N) is 1. The molecule has 8 heteroatoms. The first-order valence-electron chi connectivity index (χ1n) is 7.12. The van der Waals surface area contributed by atoms with Crippen molar-refractivity contribution in [1.82, 2.24) is 20.2 Å². The topological polar surface area (TPSA) is 81.9 Å². The maximum absolute atomic E-state index is 13.1. The zero-order valence-corrected chi connectivity index (χ0v) is 12.8. The van der Waals surface area contributed by atoms with Crippen LogP contribution in [0.25, 0.3) is 11.4 Å². The van der Waals surface area contributed by atoms with Crippen LogP contribution in [-0.4, -0.2) is 33.2 Å². The van der Waals surface area contributed by atoms with Crippen molar-refractivity contribution >= 4 is 11.6 Å². The molecule has 2 aromatic carbocycles. The third kappa shape index (κ3) is 3.72. The number of tetrazole rings is 1. The molecule has 1 aromatic heterocycles. The lowest BCUT2D eigenvalue weighted by molar-refractivity contribution is -0.117. The minimum Gasteiger partial charge on any atom is -0.497 e. The third-order valence-corrected chi connectivity index (χ3v) is 3.17. The van der Waals surface area contributed by atoms with Crippen LogP contribution < -0.4 is 10.1 Å². The first-order valence-corrected chi connectivity index (χ1v) is 7.12. The highest BCUT2D eigenvalue weighted by molar-refractivity contribution is 5.90. The van der Waals surface area contributed by atoms with E-state index in [1.165, 1.54) is 23.0 Å². The fourth-order valence-electron chi connectivity index (χ4n) is 2.08. The fraction of sp³-hybridized carbons (Fsp3) is 0.125. The van der Waals surface area contributed by atoms with Gasteiger partial charge in [-0.3, -0.25) is 4.79 Å². The Labute approximate surface area is 137 Å². The molecular formula is C16H14FN5O2. The van der Waals surface area contributed by atoms with E-state index in [1.807, 2.05) is 12.1 Å². The summed E-state index contributed by atoms with van der Waals surface area (Å²) in [4.78, 5) is 13.1. The molecule has 0 saturated heterocycles. The quantitative estimate of drug-likeness (QED) is 0.776. The van der Waals surface area contributed by atoms with Gasteiger partial charge in [-0.2, -0.15) is 4.80 Å². The molecular weight excluding hydrogens is 313 g/mol. The average molecular weight is 327 g/mol. The summed E-state index contributed by atoms with van der Waals surface area (Å²) in [6, 6.07) is 12.8. The Morgan fingerprint density at radius 2 is 2.08 bits per heavy atom. The third-order valence-electron chi connectivity index (χ3n) is 3.17. The Hall–Kier alpha value is -3.29. The van der Waals surface area contributed by atoms with Gasteiger partial charge in [0.25, 0.3) is 0 Å². The number of methoxy groups -OCH3 is 1. The van der Waals surface area contributed by atoms with Gasteiger partial charge in [-0.1, -0.05) is 18.2 Å². The Kier molecular flexibility index (Phi) is 4.46. The maximum atomic E-state index is 13.1. The summed E-state index contributed by atoms with van der Waals surface area (Å²) in [6.45, 7) is -0.131. The van der Waals surface area contributed by atoms with Crippen LogP contribution in [0, 0.1) is 5.82 Å². The Morgan fingerprint density at radius 3 is 2.88 bits per heavy atom. The zero-order chi connectivity index (χ0) is 16.9. The molecule has 122 valence electrons. The summed E-state index contributed by atoms with van der Waals surface area (Å²) >= 11 is 0. The van der Waals surface area contributed by atoms with E-state index in [2.05, 4.69) is 20.7 Å². The van der Waals surface area contributed by atoms with Crippen LogP contribution in [0.15, 0.2) is 48.5 Å². The van der Waals surface area contributed by atoms with E-state index in [0.29, 0.717) is 17.3 Å². The predicted molar refractivity (Wildman–Crippen MR) is 84.8 cm³/mol. The molecule has 1 N–H and O–H groups in total. The monoisotopic (exact) mass is 327 g/mol. The number of amides is 1. The molecule has 1 heterocycles. The van der Waals surface area contributed by atoms with Crippen molar-refractivity contribution in [3.05, 3.63) is 54.3 Å². The van der Waals surface area contributed by atoms with Gasteiger partial charge in [-0.25, -0.2) is 4.39 Å². The lowest BCUT2D eigenvalue weighted by Crippen LogP contribution is -2.20. The molecule has 24 heavy (non-hydrogen) atoms. The van der Waals surface area contributed by atoms with Crippen molar-refractivity contribution in [3.63, 3.8) is 0 Å². The van der Waals surface area contributed by atoms with Gasteiger partial charge < -0.3 is 10.1 Å².